The number of hydrogen-bond acceptors (Lipinski definition) is 5. The van der Waals surface area contributed by atoms with Crippen molar-refractivity contribution in [3.05, 3.63) is 99.1 Å². The fourth-order valence-electron chi connectivity index (χ4n) is 4.71. The van der Waals surface area contributed by atoms with Gasteiger partial charge in [0, 0.05) is 35.6 Å². The van der Waals surface area contributed by atoms with Crippen molar-refractivity contribution in [2.75, 3.05) is 20.8 Å². The molecular formula is C27H25N3O4. The van der Waals surface area contributed by atoms with Crippen LogP contribution in [0.25, 0.3) is 10.9 Å². The van der Waals surface area contributed by atoms with Gasteiger partial charge in [0.2, 0.25) is 0 Å². The average Bonchev–Trinajstić information content (AvgIpc) is 2.87. The number of pyridine rings is 2. The van der Waals surface area contributed by atoms with Crippen molar-refractivity contribution < 1.29 is 14.3 Å². The smallest absolute Gasteiger partial charge is 0.254 e. The summed E-state index contributed by atoms with van der Waals surface area (Å²) in [5, 5.41) is 0.915. The Morgan fingerprint density at radius 3 is 2.47 bits per heavy atom. The lowest BCUT2D eigenvalue weighted by Crippen LogP contribution is -2.42. The number of fused-ring (bicyclic) bond motifs is 2. The number of aryl methyl sites for hydroxylation is 1. The van der Waals surface area contributed by atoms with E-state index in [0.717, 1.165) is 27.6 Å². The van der Waals surface area contributed by atoms with Crippen LogP contribution >= 0.6 is 0 Å². The zero-order valence-electron chi connectivity index (χ0n) is 19.3. The molecule has 2 aromatic heterocycles. The van der Waals surface area contributed by atoms with Crippen molar-refractivity contribution in [2.24, 2.45) is 0 Å². The highest BCUT2D eigenvalue weighted by Gasteiger charge is 2.35. The summed E-state index contributed by atoms with van der Waals surface area (Å²) in [4.78, 5) is 35.8. The van der Waals surface area contributed by atoms with Gasteiger partial charge in [-0.15, -0.1) is 0 Å². The quantitative estimate of drug-likeness (QED) is 0.502. The van der Waals surface area contributed by atoms with Crippen LogP contribution in [0.1, 0.15) is 38.7 Å². The Morgan fingerprint density at radius 2 is 1.74 bits per heavy atom. The van der Waals surface area contributed by atoms with Crippen LogP contribution in [-0.2, 0) is 6.42 Å². The Morgan fingerprint density at radius 1 is 1.00 bits per heavy atom. The molecule has 1 atom stereocenters. The molecule has 1 aliphatic rings. The highest BCUT2D eigenvalue weighted by Crippen LogP contribution is 2.41. The van der Waals surface area contributed by atoms with E-state index in [0.29, 0.717) is 35.6 Å². The number of methoxy groups -OCH3 is 2. The van der Waals surface area contributed by atoms with E-state index in [1.54, 1.807) is 43.6 Å². The van der Waals surface area contributed by atoms with Gasteiger partial charge in [-0.2, -0.15) is 0 Å². The lowest BCUT2D eigenvalue weighted by Gasteiger charge is -2.38. The molecule has 3 heterocycles. The zero-order chi connectivity index (χ0) is 23.8. The lowest BCUT2D eigenvalue weighted by atomic mass is 9.87. The molecule has 0 fully saturated rings. The molecule has 2 aromatic carbocycles. The molecule has 1 amide bonds. The molecule has 172 valence electrons. The van der Waals surface area contributed by atoms with Gasteiger partial charge in [-0.1, -0.05) is 11.6 Å². The first-order valence-electron chi connectivity index (χ1n) is 11.1. The van der Waals surface area contributed by atoms with Crippen molar-refractivity contribution in [3.63, 3.8) is 0 Å². The second kappa shape index (κ2) is 8.67. The molecule has 1 unspecified atom stereocenters. The number of H-pyrrole nitrogens is 1. The summed E-state index contributed by atoms with van der Waals surface area (Å²) in [6.45, 7) is 2.47. The topological polar surface area (TPSA) is 84.5 Å². The molecule has 5 rings (SSSR count). The third-order valence-corrected chi connectivity index (χ3v) is 6.38. The minimum absolute atomic E-state index is 0.156. The van der Waals surface area contributed by atoms with Crippen LogP contribution in [0.15, 0.2) is 65.7 Å². The van der Waals surface area contributed by atoms with E-state index < -0.39 is 6.04 Å². The van der Waals surface area contributed by atoms with E-state index in [9.17, 15) is 9.59 Å². The van der Waals surface area contributed by atoms with Crippen molar-refractivity contribution in [1.29, 1.82) is 0 Å². The Bertz CT molecular complexity index is 1450. The number of ether oxygens (including phenoxy) is 2. The highest BCUT2D eigenvalue weighted by atomic mass is 16.5. The number of aromatic nitrogens is 2. The molecule has 1 aliphatic heterocycles. The fourth-order valence-corrected chi connectivity index (χ4v) is 4.71. The Labute approximate surface area is 197 Å². The van der Waals surface area contributed by atoms with Crippen LogP contribution in [0.3, 0.4) is 0 Å². The summed E-state index contributed by atoms with van der Waals surface area (Å²) in [6, 6.07) is 14.4. The molecule has 7 heteroatoms. The van der Waals surface area contributed by atoms with E-state index in [4.69, 9.17) is 9.47 Å². The predicted octanol–water partition coefficient (Wildman–Crippen LogP) is 4.04. The van der Waals surface area contributed by atoms with Gasteiger partial charge in [-0.25, -0.2) is 0 Å². The highest BCUT2D eigenvalue weighted by molar-refractivity contribution is 5.95. The van der Waals surface area contributed by atoms with Gasteiger partial charge < -0.3 is 19.4 Å². The SMILES string of the molecule is COc1cc2c(cc1OC)C(c1cc3cc(C)ccc3[nH]c1=O)N(C(=O)c1ccncc1)CC2. The maximum atomic E-state index is 13.6. The predicted molar refractivity (Wildman–Crippen MR) is 130 cm³/mol. The summed E-state index contributed by atoms with van der Waals surface area (Å²) in [6.07, 6.45) is 3.83. The zero-order valence-corrected chi connectivity index (χ0v) is 19.3. The summed E-state index contributed by atoms with van der Waals surface area (Å²) >= 11 is 0. The second-order valence-corrected chi connectivity index (χ2v) is 8.44. The van der Waals surface area contributed by atoms with E-state index in [-0.39, 0.29) is 11.5 Å². The summed E-state index contributed by atoms with van der Waals surface area (Å²) in [7, 11) is 3.17. The maximum Gasteiger partial charge on any atom is 0.254 e. The maximum absolute atomic E-state index is 13.6. The number of rotatable bonds is 4. The van der Waals surface area contributed by atoms with Gasteiger partial charge in [-0.3, -0.25) is 14.6 Å². The number of benzene rings is 2. The average molecular weight is 456 g/mol. The third-order valence-electron chi connectivity index (χ3n) is 6.38. The van der Waals surface area contributed by atoms with Crippen LogP contribution < -0.4 is 15.0 Å². The first kappa shape index (κ1) is 21.7. The summed E-state index contributed by atoms with van der Waals surface area (Å²) < 4.78 is 11.1. The standard InChI is InChI=1S/C27H25N3O4/c1-16-4-5-22-19(12-16)13-21(26(31)29-22)25-20-15-24(34-3)23(33-2)14-18(20)8-11-30(25)27(32)17-6-9-28-10-7-17/h4-7,9-10,12-15,25H,8,11H2,1-3H3,(H,29,31). The van der Waals surface area contributed by atoms with Crippen molar-refractivity contribution >= 4 is 16.8 Å². The van der Waals surface area contributed by atoms with Gasteiger partial charge in [0.05, 0.1) is 20.3 Å². The minimum atomic E-state index is -0.585. The molecular weight excluding hydrogens is 430 g/mol. The first-order chi connectivity index (χ1) is 16.5. The van der Waals surface area contributed by atoms with Crippen LogP contribution in [0.2, 0.25) is 0 Å². The molecule has 0 radical (unpaired) electrons. The van der Waals surface area contributed by atoms with Crippen LogP contribution in [0.5, 0.6) is 11.5 Å². The molecule has 0 saturated heterocycles. The summed E-state index contributed by atoms with van der Waals surface area (Å²) in [5.41, 5.74) is 4.52. The molecule has 4 aromatic rings. The molecule has 0 saturated carbocycles. The molecule has 0 spiro atoms. The van der Waals surface area contributed by atoms with Crippen molar-refractivity contribution in [3.8, 4) is 11.5 Å². The van der Waals surface area contributed by atoms with Crippen molar-refractivity contribution in [1.82, 2.24) is 14.9 Å². The number of aromatic amines is 1. The van der Waals surface area contributed by atoms with Gasteiger partial charge in [-0.05, 0) is 72.3 Å². The van der Waals surface area contributed by atoms with E-state index in [1.165, 1.54) is 0 Å². The fraction of sp³-hybridized carbons (Fsp3) is 0.222. The molecule has 34 heavy (non-hydrogen) atoms. The second-order valence-electron chi connectivity index (χ2n) is 8.44. The number of nitrogens with zero attached hydrogens (tertiary/aromatic N) is 2. The third kappa shape index (κ3) is 3.69. The van der Waals surface area contributed by atoms with E-state index >= 15 is 0 Å². The van der Waals surface area contributed by atoms with E-state index in [1.807, 2.05) is 43.3 Å². The van der Waals surface area contributed by atoms with Gasteiger partial charge >= 0.3 is 0 Å². The Hall–Kier alpha value is -4.13. The number of carbonyl (C=O) groups is 1. The Balaban J connectivity index is 1.74. The van der Waals surface area contributed by atoms with Crippen LogP contribution in [-0.4, -0.2) is 41.5 Å². The van der Waals surface area contributed by atoms with Crippen LogP contribution in [0, 0.1) is 6.92 Å². The Kier molecular flexibility index (Phi) is 5.53. The normalized spacial score (nSPS) is 15.1. The van der Waals surface area contributed by atoms with Gasteiger partial charge in [0.1, 0.15) is 0 Å². The molecule has 7 nitrogen and oxygen atoms in total. The van der Waals surface area contributed by atoms with Crippen molar-refractivity contribution in [2.45, 2.75) is 19.4 Å². The molecule has 0 aliphatic carbocycles. The number of amides is 1. The number of hydrogen-bond donors (Lipinski definition) is 1. The largest absolute Gasteiger partial charge is 0.493 e. The van der Waals surface area contributed by atoms with Crippen LogP contribution in [0.4, 0.5) is 0 Å². The molecule has 1 N–H and O–H groups in total. The molecule has 0 bridgehead atoms. The van der Waals surface area contributed by atoms with Gasteiger partial charge in [0.25, 0.3) is 11.5 Å². The minimum Gasteiger partial charge on any atom is -0.493 e. The number of nitrogens with one attached hydrogen (secondary N) is 1. The summed E-state index contributed by atoms with van der Waals surface area (Å²) in [5.74, 6) is 1.02. The lowest BCUT2D eigenvalue weighted by molar-refractivity contribution is 0.0693. The van der Waals surface area contributed by atoms with Gasteiger partial charge in [0.15, 0.2) is 11.5 Å². The van der Waals surface area contributed by atoms with E-state index in [2.05, 4.69) is 9.97 Å². The monoisotopic (exact) mass is 455 g/mol. The number of carbonyl (C=O) groups excluding carboxylic acids is 1. The first-order valence-corrected chi connectivity index (χ1v) is 11.1.